The molecule has 0 aliphatic heterocycles. The third-order valence-electron chi connectivity index (χ3n) is 2.88. The first-order valence-corrected chi connectivity index (χ1v) is 6.76. The number of benzene rings is 1. The standard InChI is InChI=1S/C13H20IN/c1-4-10(3)13(15-5-2)11-8-6-7-9-12(11)14/h6-10,13,15H,4-5H2,1-3H3. The zero-order valence-electron chi connectivity index (χ0n) is 9.76. The van der Waals surface area contributed by atoms with Gasteiger partial charge in [-0.25, -0.2) is 0 Å². The summed E-state index contributed by atoms with van der Waals surface area (Å²) in [6.07, 6.45) is 1.21. The van der Waals surface area contributed by atoms with Gasteiger partial charge in [0.15, 0.2) is 0 Å². The Kier molecular flexibility index (Phi) is 5.61. The van der Waals surface area contributed by atoms with Gasteiger partial charge in [0.2, 0.25) is 0 Å². The Morgan fingerprint density at radius 1 is 1.27 bits per heavy atom. The fourth-order valence-corrected chi connectivity index (χ4v) is 2.52. The zero-order chi connectivity index (χ0) is 11.3. The van der Waals surface area contributed by atoms with Crippen LogP contribution in [0.15, 0.2) is 24.3 Å². The van der Waals surface area contributed by atoms with Crippen molar-refractivity contribution >= 4 is 22.6 Å². The molecule has 1 N–H and O–H groups in total. The monoisotopic (exact) mass is 317 g/mol. The molecule has 0 spiro atoms. The van der Waals surface area contributed by atoms with E-state index in [0.29, 0.717) is 12.0 Å². The van der Waals surface area contributed by atoms with Gasteiger partial charge < -0.3 is 5.32 Å². The van der Waals surface area contributed by atoms with Gasteiger partial charge in [-0.3, -0.25) is 0 Å². The molecule has 15 heavy (non-hydrogen) atoms. The van der Waals surface area contributed by atoms with Crippen LogP contribution in [-0.4, -0.2) is 6.54 Å². The van der Waals surface area contributed by atoms with Crippen LogP contribution in [0.4, 0.5) is 0 Å². The van der Waals surface area contributed by atoms with Crippen LogP contribution >= 0.6 is 22.6 Å². The summed E-state index contributed by atoms with van der Waals surface area (Å²) in [5.41, 5.74) is 1.44. The molecule has 0 fully saturated rings. The van der Waals surface area contributed by atoms with Gasteiger partial charge in [0, 0.05) is 9.61 Å². The molecule has 1 nitrogen and oxygen atoms in total. The first-order valence-electron chi connectivity index (χ1n) is 5.68. The van der Waals surface area contributed by atoms with Crippen LogP contribution < -0.4 is 5.32 Å². The molecule has 0 radical (unpaired) electrons. The van der Waals surface area contributed by atoms with Crippen molar-refractivity contribution in [1.29, 1.82) is 0 Å². The molecular formula is C13H20IN. The second-order valence-corrected chi connectivity index (χ2v) is 5.10. The molecule has 1 aromatic rings. The van der Waals surface area contributed by atoms with Crippen LogP contribution in [0.1, 0.15) is 38.8 Å². The van der Waals surface area contributed by atoms with E-state index in [0.717, 1.165) is 6.54 Å². The van der Waals surface area contributed by atoms with Gasteiger partial charge in [0.05, 0.1) is 0 Å². The van der Waals surface area contributed by atoms with Crippen molar-refractivity contribution in [1.82, 2.24) is 5.32 Å². The van der Waals surface area contributed by atoms with Crippen molar-refractivity contribution in [3.05, 3.63) is 33.4 Å². The largest absolute Gasteiger partial charge is 0.310 e. The fourth-order valence-electron chi connectivity index (χ4n) is 1.80. The number of hydrogen-bond donors (Lipinski definition) is 1. The Morgan fingerprint density at radius 3 is 2.47 bits per heavy atom. The average Bonchev–Trinajstić information content (AvgIpc) is 2.26. The minimum Gasteiger partial charge on any atom is -0.310 e. The molecule has 0 saturated heterocycles. The molecule has 1 rings (SSSR count). The maximum absolute atomic E-state index is 3.59. The third-order valence-corrected chi connectivity index (χ3v) is 3.86. The van der Waals surface area contributed by atoms with Crippen LogP contribution in [0.25, 0.3) is 0 Å². The second-order valence-electron chi connectivity index (χ2n) is 3.94. The van der Waals surface area contributed by atoms with Crippen LogP contribution in [0.3, 0.4) is 0 Å². The summed E-state index contributed by atoms with van der Waals surface area (Å²) >= 11 is 2.42. The normalized spacial score (nSPS) is 14.9. The van der Waals surface area contributed by atoms with Crippen molar-refractivity contribution in [2.24, 2.45) is 5.92 Å². The van der Waals surface area contributed by atoms with E-state index in [1.165, 1.54) is 15.6 Å². The predicted octanol–water partition coefficient (Wildman–Crippen LogP) is 3.99. The second kappa shape index (κ2) is 6.48. The molecular weight excluding hydrogens is 297 g/mol. The van der Waals surface area contributed by atoms with E-state index in [1.807, 2.05) is 0 Å². The molecule has 0 saturated carbocycles. The molecule has 2 atom stereocenters. The number of nitrogens with one attached hydrogen (secondary N) is 1. The van der Waals surface area contributed by atoms with E-state index in [9.17, 15) is 0 Å². The smallest absolute Gasteiger partial charge is 0.0356 e. The third kappa shape index (κ3) is 3.45. The average molecular weight is 317 g/mol. The maximum Gasteiger partial charge on any atom is 0.0356 e. The van der Waals surface area contributed by atoms with Crippen molar-refractivity contribution in [2.45, 2.75) is 33.2 Å². The lowest BCUT2D eigenvalue weighted by atomic mass is 9.92. The Hall–Kier alpha value is -0.0900. The van der Waals surface area contributed by atoms with E-state index in [1.54, 1.807) is 0 Å². The Bertz CT molecular complexity index is 298. The molecule has 0 bridgehead atoms. The van der Waals surface area contributed by atoms with Gasteiger partial charge >= 0.3 is 0 Å². The van der Waals surface area contributed by atoms with E-state index in [-0.39, 0.29) is 0 Å². The minimum absolute atomic E-state index is 0.494. The summed E-state index contributed by atoms with van der Waals surface area (Å²) in [5.74, 6) is 0.681. The minimum atomic E-state index is 0.494. The van der Waals surface area contributed by atoms with Crippen molar-refractivity contribution < 1.29 is 0 Å². The number of rotatable bonds is 5. The lowest BCUT2D eigenvalue weighted by Crippen LogP contribution is -2.27. The summed E-state index contributed by atoms with van der Waals surface area (Å²) < 4.78 is 1.36. The van der Waals surface area contributed by atoms with Gasteiger partial charge in [-0.1, -0.05) is 45.4 Å². The lowest BCUT2D eigenvalue weighted by molar-refractivity contribution is 0.382. The van der Waals surface area contributed by atoms with Crippen molar-refractivity contribution in [2.75, 3.05) is 6.54 Å². The van der Waals surface area contributed by atoms with E-state index >= 15 is 0 Å². The summed E-state index contributed by atoms with van der Waals surface area (Å²) in [5, 5.41) is 3.59. The fraction of sp³-hybridized carbons (Fsp3) is 0.538. The predicted molar refractivity (Wildman–Crippen MR) is 75.0 cm³/mol. The molecule has 1 aromatic carbocycles. The summed E-state index contributed by atoms with van der Waals surface area (Å²) in [6.45, 7) is 7.77. The molecule has 0 aliphatic rings. The van der Waals surface area contributed by atoms with E-state index in [2.05, 4.69) is 72.9 Å². The van der Waals surface area contributed by atoms with Gasteiger partial charge in [-0.05, 0) is 46.7 Å². The highest BCUT2D eigenvalue weighted by molar-refractivity contribution is 14.1. The highest BCUT2D eigenvalue weighted by Gasteiger charge is 2.18. The molecule has 84 valence electrons. The van der Waals surface area contributed by atoms with Crippen molar-refractivity contribution in [3.8, 4) is 0 Å². The first-order chi connectivity index (χ1) is 7.20. The van der Waals surface area contributed by atoms with Crippen LogP contribution in [0.5, 0.6) is 0 Å². The van der Waals surface area contributed by atoms with Crippen LogP contribution in [0.2, 0.25) is 0 Å². The molecule has 0 amide bonds. The highest BCUT2D eigenvalue weighted by Crippen LogP contribution is 2.27. The number of hydrogen-bond acceptors (Lipinski definition) is 1. The Labute approximate surface area is 107 Å². The van der Waals surface area contributed by atoms with Gasteiger partial charge in [-0.15, -0.1) is 0 Å². The zero-order valence-corrected chi connectivity index (χ0v) is 11.9. The first kappa shape index (κ1) is 13.0. The van der Waals surface area contributed by atoms with Gasteiger partial charge in [0.1, 0.15) is 0 Å². The van der Waals surface area contributed by atoms with Gasteiger partial charge in [0.25, 0.3) is 0 Å². The SMILES string of the molecule is CCNC(c1ccccc1I)C(C)CC. The maximum atomic E-state index is 3.59. The topological polar surface area (TPSA) is 12.0 Å². The molecule has 2 unspecified atom stereocenters. The number of halogens is 1. The Balaban J connectivity index is 2.93. The van der Waals surface area contributed by atoms with E-state index in [4.69, 9.17) is 0 Å². The Morgan fingerprint density at radius 2 is 1.93 bits per heavy atom. The van der Waals surface area contributed by atoms with Gasteiger partial charge in [-0.2, -0.15) is 0 Å². The molecule has 0 heterocycles. The summed E-state index contributed by atoms with van der Waals surface area (Å²) in [6, 6.07) is 9.15. The van der Waals surface area contributed by atoms with Crippen LogP contribution in [-0.2, 0) is 0 Å². The molecule has 0 aromatic heterocycles. The van der Waals surface area contributed by atoms with E-state index < -0.39 is 0 Å². The summed E-state index contributed by atoms with van der Waals surface area (Å²) in [7, 11) is 0. The highest BCUT2D eigenvalue weighted by atomic mass is 127. The molecule has 0 aliphatic carbocycles. The van der Waals surface area contributed by atoms with Crippen molar-refractivity contribution in [3.63, 3.8) is 0 Å². The lowest BCUT2D eigenvalue weighted by Gasteiger charge is -2.25. The quantitative estimate of drug-likeness (QED) is 0.810. The summed E-state index contributed by atoms with van der Waals surface area (Å²) in [4.78, 5) is 0. The molecule has 2 heteroatoms. The van der Waals surface area contributed by atoms with Crippen LogP contribution in [0, 0.1) is 9.49 Å².